The molecule has 5 nitrogen and oxygen atoms in total. The first-order chi connectivity index (χ1) is 11.6. The second kappa shape index (κ2) is 6.33. The van der Waals surface area contributed by atoms with Crippen LogP contribution in [0.1, 0.15) is 32.1 Å². The number of thiazole rings is 1. The van der Waals surface area contributed by atoms with Crippen LogP contribution in [-0.2, 0) is 4.79 Å². The van der Waals surface area contributed by atoms with E-state index in [0.29, 0.717) is 13.1 Å². The van der Waals surface area contributed by atoms with Gasteiger partial charge in [0.1, 0.15) is 0 Å². The molecule has 1 aromatic heterocycles. The standard InChI is InChI=1S/C18H23N3O2S/c22-16(13-18(23)7-3-4-8-18)20-9-11-21(12-10-20)17-19-14-5-1-2-6-15(14)24-17/h1-2,5-6,23H,3-4,7-13H2. The minimum atomic E-state index is -0.749. The molecule has 1 aliphatic heterocycles. The van der Waals surface area contributed by atoms with Crippen LogP contribution >= 0.6 is 11.3 Å². The summed E-state index contributed by atoms with van der Waals surface area (Å²) in [7, 11) is 0. The third-order valence-corrected chi connectivity index (χ3v) is 6.30. The van der Waals surface area contributed by atoms with Crippen molar-refractivity contribution in [2.75, 3.05) is 31.1 Å². The van der Waals surface area contributed by atoms with Gasteiger partial charge in [0.2, 0.25) is 5.91 Å². The van der Waals surface area contributed by atoms with Crippen LogP contribution < -0.4 is 4.90 Å². The zero-order valence-electron chi connectivity index (χ0n) is 13.8. The second-order valence-corrected chi connectivity index (χ2v) is 7.95. The number of amides is 1. The predicted molar refractivity (Wildman–Crippen MR) is 96.4 cm³/mol. The van der Waals surface area contributed by atoms with Crippen molar-refractivity contribution in [3.8, 4) is 0 Å². The molecule has 1 aliphatic carbocycles. The average molecular weight is 345 g/mol. The number of fused-ring (bicyclic) bond motifs is 1. The van der Waals surface area contributed by atoms with Crippen LogP contribution in [0.2, 0.25) is 0 Å². The Morgan fingerprint density at radius 1 is 1.17 bits per heavy atom. The van der Waals surface area contributed by atoms with E-state index >= 15 is 0 Å². The number of carbonyl (C=O) groups excluding carboxylic acids is 1. The van der Waals surface area contributed by atoms with E-state index in [1.807, 2.05) is 23.1 Å². The number of aliphatic hydroxyl groups is 1. The molecule has 24 heavy (non-hydrogen) atoms. The highest BCUT2D eigenvalue weighted by Gasteiger charge is 2.35. The van der Waals surface area contributed by atoms with Crippen LogP contribution in [0.25, 0.3) is 10.2 Å². The van der Waals surface area contributed by atoms with Gasteiger partial charge >= 0.3 is 0 Å². The third-order valence-electron chi connectivity index (χ3n) is 5.20. The van der Waals surface area contributed by atoms with Gasteiger partial charge in [0.15, 0.2) is 5.13 Å². The SMILES string of the molecule is O=C(CC1(O)CCCC1)N1CCN(c2nc3ccccc3s2)CC1. The fourth-order valence-corrected chi connectivity index (χ4v) is 4.76. The number of piperazine rings is 1. The maximum atomic E-state index is 12.5. The summed E-state index contributed by atoms with van der Waals surface area (Å²) in [5, 5.41) is 11.5. The predicted octanol–water partition coefficient (Wildman–Crippen LogP) is 2.64. The lowest BCUT2D eigenvalue weighted by atomic mass is 9.97. The average Bonchev–Trinajstić information content (AvgIpc) is 3.21. The monoisotopic (exact) mass is 345 g/mol. The second-order valence-electron chi connectivity index (χ2n) is 6.94. The van der Waals surface area contributed by atoms with Gasteiger partial charge in [-0.05, 0) is 25.0 Å². The lowest BCUT2D eigenvalue weighted by Crippen LogP contribution is -2.50. The van der Waals surface area contributed by atoms with E-state index in [0.717, 1.165) is 49.4 Å². The molecule has 0 unspecified atom stereocenters. The van der Waals surface area contributed by atoms with Gasteiger partial charge in [-0.2, -0.15) is 0 Å². The summed E-state index contributed by atoms with van der Waals surface area (Å²) < 4.78 is 1.20. The van der Waals surface area contributed by atoms with Crippen molar-refractivity contribution in [2.24, 2.45) is 0 Å². The molecule has 0 spiro atoms. The van der Waals surface area contributed by atoms with Crippen molar-refractivity contribution < 1.29 is 9.90 Å². The summed E-state index contributed by atoms with van der Waals surface area (Å²) in [5.74, 6) is 0.100. The molecule has 1 amide bonds. The van der Waals surface area contributed by atoms with Crippen LogP contribution in [0.3, 0.4) is 0 Å². The van der Waals surface area contributed by atoms with Crippen molar-refractivity contribution in [1.29, 1.82) is 0 Å². The highest BCUT2D eigenvalue weighted by atomic mass is 32.1. The number of hydrogen-bond acceptors (Lipinski definition) is 5. The van der Waals surface area contributed by atoms with Crippen LogP contribution in [0.5, 0.6) is 0 Å². The first-order valence-electron chi connectivity index (χ1n) is 8.74. The highest BCUT2D eigenvalue weighted by Crippen LogP contribution is 2.33. The normalized spacial score (nSPS) is 20.7. The molecule has 2 aliphatic rings. The Kier molecular flexibility index (Phi) is 4.18. The molecule has 0 radical (unpaired) electrons. The summed E-state index contributed by atoms with van der Waals surface area (Å²) in [5.41, 5.74) is 0.292. The molecule has 0 bridgehead atoms. The quantitative estimate of drug-likeness (QED) is 0.929. The molecule has 2 aromatic rings. The van der Waals surface area contributed by atoms with Gasteiger partial charge in [0.25, 0.3) is 0 Å². The van der Waals surface area contributed by atoms with Crippen molar-refractivity contribution in [2.45, 2.75) is 37.7 Å². The Morgan fingerprint density at radius 3 is 2.58 bits per heavy atom. The molecule has 1 saturated carbocycles. The number of aromatic nitrogens is 1. The van der Waals surface area contributed by atoms with Crippen LogP contribution in [-0.4, -0.2) is 52.7 Å². The number of carbonyl (C=O) groups is 1. The highest BCUT2D eigenvalue weighted by molar-refractivity contribution is 7.22. The Labute approximate surface area is 145 Å². The maximum absolute atomic E-state index is 12.5. The van der Waals surface area contributed by atoms with E-state index in [4.69, 9.17) is 4.98 Å². The molecule has 2 fully saturated rings. The topological polar surface area (TPSA) is 56.7 Å². The summed E-state index contributed by atoms with van der Waals surface area (Å²) in [6.45, 7) is 3.05. The third kappa shape index (κ3) is 3.13. The molecule has 6 heteroatoms. The van der Waals surface area contributed by atoms with Gasteiger partial charge in [-0.1, -0.05) is 36.3 Å². The van der Waals surface area contributed by atoms with Crippen molar-refractivity contribution in [3.63, 3.8) is 0 Å². The molecular weight excluding hydrogens is 322 g/mol. The molecule has 1 N–H and O–H groups in total. The first kappa shape index (κ1) is 15.8. The molecule has 1 aromatic carbocycles. The maximum Gasteiger partial charge on any atom is 0.225 e. The van der Waals surface area contributed by atoms with Gasteiger partial charge in [0, 0.05) is 26.2 Å². The molecule has 4 rings (SSSR count). The van der Waals surface area contributed by atoms with Gasteiger partial charge in [-0.3, -0.25) is 4.79 Å². The van der Waals surface area contributed by atoms with Crippen LogP contribution in [0.4, 0.5) is 5.13 Å². The first-order valence-corrected chi connectivity index (χ1v) is 9.55. The molecule has 128 valence electrons. The summed E-state index contributed by atoms with van der Waals surface area (Å²) in [4.78, 5) is 21.3. The van der Waals surface area contributed by atoms with Crippen molar-refractivity contribution >= 4 is 32.6 Å². The largest absolute Gasteiger partial charge is 0.389 e. The Morgan fingerprint density at radius 2 is 1.88 bits per heavy atom. The number of nitrogens with zero attached hydrogens (tertiary/aromatic N) is 3. The van der Waals surface area contributed by atoms with Gasteiger partial charge in [-0.15, -0.1) is 0 Å². The lowest BCUT2D eigenvalue weighted by molar-refractivity contribution is -0.136. The van der Waals surface area contributed by atoms with Gasteiger partial charge in [0.05, 0.1) is 22.2 Å². The minimum Gasteiger partial charge on any atom is -0.389 e. The number of rotatable bonds is 3. The van der Waals surface area contributed by atoms with E-state index in [9.17, 15) is 9.90 Å². The smallest absolute Gasteiger partial charge is 0.225 e. The zero-order chi connectivity index (χ0) is 16.6. The number of benzene rings is 1. The molecule has 1 saturated heterocycles. The minimum absolute atomic E-state index is 0.100. The van der Waals surface area contributed by atoms with Crippen molar-refractivity contribution in [3.05, 3.63) is 24.3 Å². The molecular formula is C18H23N3O2S. The lowest BCUT2D eigenvalue weighted by Gasteiger charge is -2.36. The van der Waals surface area contributed by atoms with Gasteiger partial charge < -0.3 is 14.9 Å². The van der Waals surface area contributed by atoms with E-state index in [1.54, 1.807) is 11.3 Å². The van der Waals surface area contributed by atoms with Crippen molar-refractivity contribution in [1.82, 2.24) is 9.88 Å². The van der Waals surface area contributed by atoms with Crippen LogP contribution in [0, 0.1) is 0 Å². The fraction of sp³-hybridized carbons (Fsp3) is 0.556. The summed E-state index contributed by atoms with van der Waals surface area (Å²) in [6.07, 6.45) is 3.90. The van der Waals surface area contributed by atoms with E-state index in [1.165, 1.54) is 4.70 Å². The molecule has 2 heterocycles. The fourth-order valence-electron chi connectivity index (χ4n) is 3.75. The number of hydrogen-bond donors (Lipinski definition) is 1. The summed E-state index contributed by atoms with van der Waals surface area (Å²) >= 11 is 1.71. The number of anilines is 1. The van der Waals surface area contributed by atoms with E-state index in [-0.39, 0.29) is 12.3 Å². The molecule has 0 atom stereocenters. The Hall–Kier alpha value is -1.66. The Bertz CT molecular complexity index is 698. The van der Waals surface area contributed by atoms with E-state index < -0.39 is 5.60 Å². The zero-order valence-corrected chi connectivity index (χ0v) is 14.6. The van der Waals surface area contributed by atoms with Gasteiger partial charge in [-0.25, -0.2) is 4.98 Å². The van der Waals surface area contributed by atoms with E-state index in [2.05, 4.69) is 11.0 Å². The van der Waals surface area contributed by atoms with Crippen LogP contribution in [0.15, 0.2) is 24.3 Å². The summed E-state index contributed by atoms with van der Waals surface area (Å²) in [6, 6.07) is 8.18. The Balaban J connectivity index is 1.36. The number of para-hydroxylation sites is 1.